The zero-order valence-electron chi connectivity index (χ0n) is 19.8. The molecule has 5 rings (SSSR count). The Morgan fingerprint density at radius 3 is 2.66 bits per heavy atom. The third-order valence-corrected chi connectivity index (χ3v) is 7.18. The summed E-state index contributed by atoms with van der Waals surface area (Å²) in [7, 11) is 0. The van der Waals surface area contributed by atoms with Crippen LogP contribution in [0.5, 0.6) is 0 Å². The van der Waals surface area contributed by atoms with Crippen LogP contribution >= 0.6 is 11.8 Å². The van der Waals surface area contributed by atoms with Gasteiger partial charge in [0, 0.05) is 19.0 Å². The minimum absolute atomic E-state index is 0.336. The van der Waals surface area contributed by atoms with Gasteiger partial charge in [0.2, 0.25) is 0 Å². The van der Waals surface area contributed by atoms with E-state index < -0.39 is 11.2 Å². The molecule has 1 aromatic carbocycles. The molecule has 1 fully saturated rings. The van der Waals surface area contributed by atoms with Crippen LogP contribution in [-0.2, 0) is 25.4 Å². The maximum Gasteiger partial charge on any atom is 0.330 e. The van der Waals surface area contributed by atoms with Gasteiger partial charge in [-0.1, -0.05) is 61.5 Å². The molecular formula is C25H29N7O2S. The summed E-state index contributed by atoms with van der Waals surface area (Å²) in [6.45, 7) is 7.64. The fourth-order valence-electron chi connectivity index (χ4n) is 4.28. The fraction of sp³-hybridized carbons (Fsp3) is 0.400. The number of unbranched alkanes of at least 4 members (excludes halogenated alkanes) is 1. The monoisotopic (exact) mass is 491 g/mol. The van der Waals surface area contributed by atoms with Crippen molar-refractivity contribution in [2.24, 2.45) is 0 Å². The number of benzene rings is 1. The van der Waals surface area contributed by atoms with Gasteiger partial charge >= 0.3 is 5.69 Å². The van der Waals surface area contributed by atoms with Gasteiger partial charge < -0.3 is 9.13 Å². The summed E-state index contributed by atoms with van der Waals surface area (Å²) in [6.07, 6.45) is 6.03. The summed E-state index contributed by atoms with van der Waals surface area (Å²) >= 11 is 1.55. The zero-order valence-corrected chi connectivity index (χ0v) is 20.6. The number of imidazole rings is 1. The number of rotatable bonds is 11. The number of hydrogen-bond acceptors (Lipinski definition) is 6. The first-order chi connectivity index (χ1) is 17.1. The summed E-state index contributed by atoms with van der Waals surface area (Å²) in [6, 6.07) is 9.71. The van der Waals surface area contributed by atoms with Crippen LogP contribution in [0.4, 0.5) is 0 Å². The van der Waals surface area contributed by atoms with Gasteiger partial charge in [0.15, 0.2) is 16.3 Å². The summed E-state index contributed by atoms with van der Waals surface area (Å²) in [5, 5.41) is 9.67. The van der Waals surface area contributed by atoms with Crippen LogP contribution in [0.1, 0.15) is 55.7 Å². The second-order valence-corrected chi connectivity index (χ2v) is 9.78. The number of aryl methyl sites for hydroxylation is 1. The van der Waals surface area contributed by atoms with Crippen molar-refractivity contribution in [2.45, 2.75) is 69.1 Å². The molecular weight excluding hydrogens is 462 g/mol. The molecule has 3 heterocycles. The van der Waals surface area contributed by atoms with E-state index in [-0.39, 0.29) is 0 Å². The van der Waals surface area contributed by atoms with E-state index in [1.54, 1.807) is 16.3 Å². The average Bonchev–Trinajstić information content (AvgIpc) is 3.52. The Kier molecular flexibility index (Phi) is 6.72. The standard InChI is InChI=1S/C25H29N7O2S/c1-3-5-14-30-19(16-35-25-29-28-21(18-11-12-18)31(25)13-4-2)26-22-20(30)23(33)27-24(34)32(22)15-17-9-7-6-8-10-17/h4,6-10,18H,2-3,5,11-16H2,1H3,(H,27,33,34). The summed E-state index contributed by atoms with van der Waals surface area (Å²) in [4.78, 5) is 33.0. The van der Waals surface area contributed by atoms with Crippen molar-refractivity contribution >= 4 is 22.9 Å². The lowest BCUT2D eigenvalue weighted by atomic mass is 10.2. The lowest BCUT2D eigenvalue weighted by Gasteiger charge is -2.09. The summed E-state index contributed by atoms with van der Waals surface area (Å²) in [5.74, 6) is 2.76. The van der Waals surface area contributed by atoms with E-state index >= 15 is 0 Å². The molecule has 1 aliphatic carbocycles. The number of nitrogens with one attached hydrogen (secondary N) is 1. The average molecular weight is 492 g/mol. The second kappa shape index (κ2) is 10.1. The van der Waals surface area contributed by atoms with Gasteiger partial charge in [-0.15, -0.1) is 16.8 Å². The molecule has 0 radical (unpaired) electrons. The molecule has 0 aliphatic heterocycles. The molecule has 0 amide bonds. The maximum absolute atomic E-state index is 12.9. The number of nitrogens with zero attached hydrogens (tertiary/aromatic N) is 6. The Labute approximate surface area is 206 Å². The van der Waals surface area contributed by atoms with Gasteiger partial charge in [0.05, 0.1) is 12.3 Å². The topological polar surface area (TPSA) is 103 Å². The number of fused-ring (bicyclic) bond motifs is 1. The minimum Gasteiger partial charge on any atom is -0.321 e. The highest BCUT2D eigenvalue weighted by molar-refractivity contribution is 7.98. The molecule has 0 unspecified atom stereocenters. The Balaban J connectivity index is 1.54. The number of aromatic amines is 1. The minimum atomic E-state index is -0.453. The van der Waals surface area contributed by atoms with E-state index in [0.717, 1.165) is 48.1 Å². The quantitative estimate of drug-likeness (QED) is 0.254. The van der Waals surface area contributed by atoms with E-state index in [0.29, 0.717) is 42.5 Å². The number of hydrogen-bond donors (Lipinski definition) is 1. The van der Waals surface area contributed by atoms with Crippen LogP contribution in [0, 0.1) is 0 Å². The zero-order chi connectivity index (χ0) is 24.4. The van der Waals surface area contributed by atoms with Crippen molar-refractivity contribution in [3.63, 3.8) is 0 Å². The number of allylic oxidation sites excluding steroid dienone is 1. The fourth-order valence-corrected chi connectivity index (χ4v) is 5.18. The molecule has 182 valence electrons. The molecule has 0 bridgehead atoms. The van der Waals surface area contributed by atoms with E-state index in [1.165, 1.54) is 0 Å². The Hall–Kier alpha value is -3.40. The third-order valence-electron chi connectivity index (χ3n) is 6.21. The predicted octanol–water partition coefficient (Wildman–Crippen LogP) is 3.68. The highest BCUT2D eigenvalue weighted by Gasteiger charge is 2.30. The lowest BCUT2D eigenvalue weighted by Crippen LogP contribution is -2.31. The van der Waals surface area contributed by atoms with Crippen LogP contribution in [0.2, 0.25) is 0 Å². The van der Waals surface area contributed by atoms with Crippen LogP contribution in [0.25, 0.3) is 11.2 Å². The van der Waals surface area contributed by atoms with Gasteiger partial charge in [-0.3, -0.25) is 14.3 Å². The smallest absolute Gasteiger partial charge is 0.321 e. The number of thioether (sulfide) groups is 1. The van der Waals surface area contributed by atoms with E-state index in [2.05, 4.69) is 33.3 Å². The van der Waals surface area contributed by atoms with Crippen molar-refractivity contribution < 1.29 is 0 Å². The van der Waals surface area contributed by atoms with Crippen LogP contribution in [-0.4, -0.2) is 33.9 Å². The Morgan fingerprint density at radius 1 is 1.14 bits per heavy atom. The summed E-state index contributed by atoms with van der Waals surface area (Å²) < 4.78 is 5.63. The first kappa shape index (κ1) is 23.3. The molecule has 0 spiro atoms. The first-order valence-corrected chi connectivity index (χ1v) is 13.0. The van der Waals surface area contributed by atoms with Crippen LogP contribution < -0.4 is 11.2 Å². The van der Waals surface area contributed by atoms with E-state index in [1.807, 2.05) is 41.0 Å². The summed E-state index contributed by atoms with van der Waals surface area (Å²) in [5.41, 5.74) is 0.967. The molecule has 35 heavy (non-hydrogen) atoms. The molecule has 1 N–H and O–H groups in total. The molecule has 4 aromatic rings. The van der Waals surface area contributed by atoms with Crippen molar-refractivity contribution in [2.75, 3.05) is 0 Å². The lowest BCUT2D eigenvalue weighted by molar-refractivity contribution is 0.626. The highest BCUT2D eigenvalue weighted by Crippen LogP contribution is 2.40. The normalized spacial score (nSPS) is 13.5. The third kappa shape index (κ3) is 4.75. The van der Waals surface area contributed by atoms with Gasteiger partial charge in [-0.05, 0) is 24.8 Å². The van der Waals surface area contributed by atoms with Crippen molar-refractivity contribution in [1.82, 2.24) is 33.9 Å². The molecule has 3 aromatic heterocycles. The molecule has 1 aliphatic rings. The van der Waals surface area contributed by atoms with Crippen LogP contribution in [0.15, 0.2) is 57.7 Å². The first-order valence-electron chi connectivity index (χ1n) is 12.0. The largest absolute Gasteiger partial charge is 0.330 e. The van der Waals surface area contributed by atoms with Crippen molar-refractivity contribution in [3.05, 3.63) is 81.0 Å². The SMILES string of the molecule is C=CCn1c(SCc2nc3c(c(=O)[nH]c(=O)n3Cc3ccccc3)n2CCCC)nnc1C1CC1. The molecule has 0 saturated heterocycles. The molecule has 1 saturated carbocycles. The molecule has 0 atom stereocenters. The van der Waals surface area contributed by atoms with Gasteiger partial charge in [0.25, 0.3) is 5.56 Å². The Morgan fingerprint density at radius 2 is 1.94 bits per heavy atom. The van der Waals surface area contributed by atoms with E-state index in [4.69, 9.17) is 4.98 Å². The maximum atomic E-state index is 12.9. The predicted molar refractivity (Wildman–Crippen MR) is 137 cm³/mol. The van der Waals surface area contributed by atoms with Gasteiger partial charge in [-0.2, -0.15) is 0 Å². The number of H-pyrrole nitrogens is 1. The van der Waals surface area contributed by atoms with Gasteiger partial charge in [0.1, 0.15) is 11.6 Å². The van der Waals surface area contributed by atoms with Crippen molar-refractivity contribution in [1.29, 1.82) is 0 Å². The second-order valence-electron chi connectivity index (χ2n) is 8.84. The van der Waals surface area contributed by atoms with Gasteiger partial charge in [-0.25, -0.2) is 9.78 Å². The Bertz CT molecular complexity index is 1460. The number of aromatic nitrogens is 7. The van der Waals surface area contributed by atoms with Crippen molar-refractivity contribution in [3.8, 4) is 0 Å². The highest BCUT2D eigenvalue weighted by atomic mass is 32.2. The molecule has 10 heteroatoms. The van der Waals surface area contributed by atoms with E-state index in [9.17, 15) is 9.59 Å². The van der Waals surface area contributed by atoms with Crippen LogP contribution in [0.3, 0.4) is 0 Å². The molecule has 9 nitrogen and oxygen atoms in total.